The summed E-state index contributed by atoms with van der Waals surface area (Å²) in [7, 11) is -3.48. The first-order valence-corrected chi connectivity index (χ1v) is 12.5. The van der Waals surface area contributed by atoms with Crippen molar-refractivity contribution in [2.45, 2.75) is 65.8 Å². The van der Waals surface area contributed by atoms with Gasteiger partial charge in [0.15, 0.2) is 0 Å². The predicted octanol–water partition coefficient (Wildman–Crippen LogP) is 1.44. The molecule has 0 aromatic rings. The summed E-state index contributed by atoms with van der Waals surface area (Å²) in [6.07, 6.45) is 5.11. The van der Waals surface area contributed by atoms with Gasteiger partial charge in [-0.2, -0.15) is 17.0 Å². The first-order valence-electron chi connectivity index (χ1n) is 11.1. The molecule has 0 spiro atoms. The van der Waals surface area contributed by atoms with Crippen molar-refractivity contribution in [3.63, 3.8) is 0 Å². The molecule has 1 aliphatic carbocycles. The molecule has 1 heterocycles. The molecule has 0 aromatic heterocycles. The Bertz CT molecular complexity index is 649. The lowest BCUT2D eigenvalue weighted by Gasteiger charge is -2.38. The second-order valence-corrected chi connectivity index (χ2v) is 10.3. The van der Waals surface area contributed by atoms with Gasteiger partial charge < -0.3 is 10.2 Å². The van der Waals surface area contributed by atoms with Crippen molar-refractivity contribution in [2.24, 2.45) is 11.8 Å². The number of hydrogen-bond acceptors (Lipinski definition) is 4. The smallest absolute Gasteiger partial charge is 0.282 e. The van der Waals surface area contributed by atoms with Crippen LogP contribution in [-0.2, 0) is 19.8 Å². The van der Waals surface area contributed by atoms with Crippen molar-refractivity contribution in [1.29, 1.82) is 0 Å². The zero-order valence-electron chi connectivity index (χ0n) is 18.4. The Labute approximate surface area is 176 Å². The van der Waals surface area contributed by atoms with Crippen molar-refractivity contribution in [1.82, 2.24) is 18.8 Å². The zero-order valence-corrected chi connectivity index (χ0v) is 19.2. The second-order valence-electron chi connectivity index (χ2n) is 8.38. The summed E-state index contributed by atoms with van der Waals surface area (Å²) in [5.74, 6) is -0.134. The second kappa shape index (κ2) is 10.7. The number of nitrogens with zero attached hydrogens (tertiary/aromatic N) is 3. The largest absolute Gasteiger partial charge is 0.344 e. The van der Waals surface area contributed by atoms with Crippen molar-refractivity contribution in [3.8, 4) is 0 Å². The van der Waals surface area contributed by atoms with Gasteiger partial charge >= 0.3 is 0 Å². The SMILES string of the molecule is CCN(CC)S(=O)(=O)N1CCN(C(=O)C(NC(=O)C2CCCCC2)C(C)C)CC1. The van der Waals surface area contributed by atoms with Gasteiger partial charge in [-0.3, -0.25) is 9.59 Å². The Morgan fingerprint density at radius 1 is 1.00 bits per heavy atom. The Morgan fingerprint density at radius 3 is 2.03 bits per heavy atom. The van der Waals surface area contributed by atoms with E-state index in [1.165, 1.54) is 15.0 Å². The fourth-order valence-electron chi connectivity index (χ4n) is 4.20. The molecule has 1 saturated carbocycles. The van der Waals surface area contributed by atoms with Crippen LogP contribution in [0.5, 0.6) is 0 Å². The molecule has 1 N–H and O–H groups in total. The Morgan fingerprint density at radius 2 is 1.55 bits per heavy atom. The number of rotatable bonds is 8. The van der Waals surface area contributed by atoms with E-state index < -0.39 is 16.3 Å². The molecule has 0 bridgehead atoms. The molecule has 9 heteroatoms. The Balaban J connectivity index is 1.97. The molecular formula is C20H38N4O4S. The van der Waals surface area contributed by atoms with Gasteiger partial charge in [0.1, 0.15) is 6.04 Å². The monoisotopic (exact) mass is 430 g/mol. The summed E-state index contributed by atoms with van der Waals surface area (Å²) in [5, 5.41) is 2.99. The van der Waals surface area contributed by atoms with Crippen LogP contribution >= 0.6 is 0 Å². The lowest BCUT2D eigenvalue weighted by molar-refractivity contribution is -0.139. The van der Waals surface area contributed by atoms with Crippen LogP contribution in [0.1, 0.15) is 59.8 Å². The van der Waals surface area contributed by atoms with E-state index in [-0.39, 0.29) is 36.7 Å². The number of carbonyl (C=O) groups excluding carboxylic acids is 2. The minimum Gasteiger partial charge on any atom is -0.344 e. The van der Waals surface area contributed by atoms with Crippen LogP contribution in [0, 0.1) is 11.8 Å². The standard InChI is InChI=1S/C20H38N4O4S/c1-5-23(6-2)29(27,28)24-14-12-22(13-15-24)20(26)18(16(3)4)21-19(25)17-10-8-7-9-11-17/h16-18H,5-15H2,1-4H3,(H,21,25). The molecule has 1 aliphatic heterocycles. The van der Waals surface area contributed by atoms with Crippen LogP contribution in [0.25, 0.3) is 0 Å². The lowest BCUT2D eigenvalue weighted by atomic mass is 9.88. The summed E-state index contributed by atoms with van der Waals surface area (Å²) >= 11 is 0. The molecule has 0 aromatic carbocycles. The number of carbonyl (C=O) groups is 2. The van der Waals surface area contributed by atoms with Crippen LogP contribution in [-0.4, -0.2) is 79.1 Å². The van der Waals surface area contributed by atoms with Crippen molar-refractivity contribution < 1.29 is 18.0 Å². The highest BCUT2D eigenvalue weighted by atomic mass is 32.2. The third kappa shape index (κ3) is 5.92. The molecule has 0 radical (unpaired) electrons. The van der Waals surface area contributed by atoms with Crippen LogP contribution in [0.4, 0.5) is 0 Å². The third-order valence-electron chi connectivity index (χ3n) is 6.11. The van der Waals surface area contributed by atoms with E-state index in [2.05, 4.69) is 5.32 Å². The highest BCUT2D eigenvalue weighted by molar-refractivity contribution is 7.86. The average molecular weight is 431 g/mol. The van der Waals surface area contributed by atoms with E-state index in [0.29, 0.717) is 26.2 Å². The number of nitrogens with one attached hydrogen (secondary N) is 1. The fourth-order valence-corrected chi connectivity index (χ4v) is 5.80. The van der Waals surface area contributed by atoms with Crippen molar-refractivity contribution >= 4 is 22.0 Å². The quantitative estimate of drug-likeness (QED) is 0.631. The van der Waals surface area contributed by atoms with E-state index in [1.54, 1.807) is 4.90 Å². The molecule has 168 valence electrons. The van der Waals surface area contributed by atoms with Crippen LogP contribution < -0.4 is 5.32 Å². The molecule has 29 heavy (non-hydrogen) atoms. The topological polar surface area (TPSA) is 90.0 Å². The highest BCUT2D eigenvalue weighted by Gasteiger charge is 2.36. The predicted molar refractivity (Wildman–Crippen MR) is 113 cm³/mol. The molecule has 8 nitrogen and oxygen atoms in total. The average Bonchev–Trinajstić information content (AvgIpc) is 2.72. The molecule has 1 unspecified atom stereocenters. The van der Waals surface area contributed by atoms with Gasteiger partial charge in [0.05, 0.1) is 0 Å². The molecule has 2 aliphatic rings. The van der Waals surface area contributed by atoms with Crippen molar-refractivity contribution in [3.05, 3.63) is 0 Å². The number of hydrogen-bond donors (Lipinski definition) is 1. The summed E-state index contributed by atoms with van der Waals surface area (Å²) in [4.78, 5) is 27.4. The molecule has 2 rings (SSSR count). The lowest BCUT2D eigenvalue weighted by Crippen LogP contribution is -2.59. The molecule has 1 saturated heterocycles. The van der Waals surface area contributed by atoms with E-state index >= 15 is 0 Å². The Hall–Kier alpha value is -1.19. The first-order chi connectivity index (χ1) is 13.7. The summed E-state index contributed by atoms with van der Waals surface area (Å²) < 4.78 is 28.2. The van der Waals surface area contributed by atoms with E-state index in [0.717, 1.165) is 25.7 Å². The minimum absolute atomic E-state index is 0.00820. The summed E-state index contributed by atoms with van der Waals surface area (Å²) in [6, 6.07) is -0.560. The molecule has 2 amide bonds. The Kier molecular flexibility index (Phi) is 8.91. The van der Waals surface area contributed by atoms with E-state index in [4.69, 9.17) is 0 Å². The van der Waals surface area contributed by atoms with Crippen molar-refractivity contribution in [2.75, 3.05) is 39.3 Å². The summed E-state index contributed by atoms with van der Waals surface area (Å²) in [5.41, 5.74) is 0. The van der Waals surface area contributed by atoms with Gasteiger partial charge in [-0.05, 0) is 18.8 Å². The maximum atomic E-state index is 13.1. The zero-order chi connectivity index (χ0) is 21.6. The van der Waals surface area contributed by atoms with Gasteiger partial charge in [0.25, 0.3) is 10.2 Å². The first kappa shape index (κ1) is 24.1. The maximum Gasteiger partial charge on any atom is 0.282 e. The maximum absolute atomic E-state index is 13.1. The van der Waals surface area contributed by atoms with E-state index in [1.807, 2.05) is 27.7 Å². The molecule has 1 atom stereocenters. The highest BCUT2D eigenvalue weighted by Crippen LogP contribution is 2.24. The minimum atomic E-state index is -3.48. The van der Waals surface area contributed by atoms with Crippen LogP contribution in [0.3, 0.4) is 0 Å². The molecule has 2 fully saturated rings. The molecular weight excluding hydrogens is 392 g/mol. The third-order valence-corrected chi connectivity index (χ3v) is 8.30. The van der Waals surface area contributed by atoms with Gasteiger partial charge in [-0.15, -0.1) is 0 Å². The van der Waals surface area contributed by atoms with E-state index in [9.17, 15) is 18.0 Å². The number of amides is 2. The van der Waals surface area contributed by atoms with Gasteiger partial charge in [0.2, 0.25) is 11.8 Å². The fraction of sp³-hybridized carbons (Fsp3) is 0.900. The number of piperazine rings is 1. The van der Waals surface area contributed by atoms with Gasteiger partial charge in [-0.25, -0.2) is 0 Å². The normalized spacial score (nSPS) is 20.8. The van der Waals surface area contributed by atoms with Crippen LogP contribution in [0.15, 0.2) is 0 Å². The van der Waals surface area contributed by atoms with Crippen LogP contribution in [0.2, 0.25) is 0 Å². The van der Waals surface area contributed by atoms with Gasteiger partial charge in [0, 0.05) is 45.2 Å². The summed E-state index contributed by atoms with van der Waals surface area (Å²) in [6.45, 7) is 9.64. The van der Waals surface area contributed by atoms with Gasteiger partial charge in [-0.1, -0.05) is 47.0 Å².